The summed E-state index contributed by atoms with van der Waals surface area (Å²) >= 11 is 0. The number of ether oxygens (including phenoxy) is 1. The molecule has 0 saturated heterocycles. The average Bonchev–Trinajstić information content (AvgIpc) is 3.24. The molecule has 4 saturated carbocycles. The van der Waals surface area contributed by atoms with E-state index in [4.69, 9.17) is 13.6 Å². The smallest absolute Gasteiger partial charge is 0.457 e. The van der Waals surface area contributed by atoms with Crippen LogP contribution in [0.1, 0.15) is 118 Å². The summed E-state index contributed by atoms with van der Waals surface area (Å²) in [6, 6.07) is 0. The lowest BCUT2D eigenvalue weighted by atomic mass is 9.33. The van der Waals surface area contributed by atoms with Crippen LogP contribution in [0, 0.1) is 63.6 Å². The highest BCUT2D eigenvalue weighted by Gasteiger charge is 2.69. The molecule has 5 aliphatic carbocycles. The predicted octanol–water partition coefficient (Wildman–Crippen LogP) is 7.60. The number of esters is 1. The number of hydrogen-bond acceptors (Lipinski definition) is 6. The van der Waals surface area contributed by atoms with E-state index in [9.17, 15) is 14.7 Å². The van der Waals surface area contributed by atoms with Crippen LogP contribution in [0.5, 0.6) is 0 Å². The van der Waals surface area contributed by atoms with Crippen molar-refractivity contribution in [2.75, 3.05) is 0 Å². The van der Waals surface area contributed by atoms with Gasteiger partial charge >= 0.3 is 11.8 Å². The van der Waals surface area contributed by atoms with Crippen molar-refractivity contribution in [3.63, 3.8) is 0 Å². The number of carbonyl (C=O) groups excluding carboxylic acids is 1. The highest BCUT2D eigenvalue weighted by molar-refractivity contribution is 5.79. The maximum Gasteiger partial charge on any atom is 0.519 e. The Labute approximate surface area is 245 Å². The van der Waals surface area contributed by atoms with Gasteiger partial charge in [0.25, 0.3) is 0 Å². The lowest BCUT2D eigenvalue weighted by Gasteiger charge is -2.71. The third kappa shape index (κ3) is 3.83. The van der Waals surface area contributed by atoms with Crippen LogP contribution in [0.3, 0.4) is 0 Å². The highest BCUT2D eigenvalue weighted by atomic mass is 16.6. The lowest BCUT2D eigenvalue weighted by molar-refractivity contribution is -0.207. The van der Waals surface area contributed by atoms with Crippen molar-refractivity contribution in [1.29, 1.82) is 0 Å². The Morgan fingerprint density at radius 1 is 0.976 bits per heavy atom. The molecule has 228 valence electrons. The zero-order valence-corrected chi connectivity index (χ0v) is 26.6. The van der Waals surface area contributed by atoms with Gasteiger partial charge in [-0.2, -0.15) is 0 Å². The molecule has 4 fully saturated rings. The Hall–Kier alpha value is -1.82. The zero-order valence-electron chi connectivity index (χ0n) is 26.6. The van der Waals surface area contributed by atoms with Gasteiger partial charge in [-0.05, 0) is 116 Å². The van der Waals surface area contributed by atoms with E-state index in [1.165, 1.54) is 12.0 Å². The Morgan fingerprint density at radius 3 is 2.39 bits per heavy atom. The van der Waals surface area contributed by atoms with Gasteiger partial charge in [0.15, 0.2) is 18.1 Å². The minimum absolute atomic E-state index is 0.0256. The quantitative estimate of drug-likeness (QED) is 0.298. The van der Waals surface area contributed by atoms with Crippen molar-refractivity contribution >= 4 is 5.97 Å². The fourth-order valence-corrected chi connectivity index (χ4v) is 11.6. The van der Waals surface area contributed by atoms with Gasteiger partial charge in [-0.3, -0.25) is 4.79 Å². The summed E-state index contributed by atoms with van der Waals surface area (Å²) in [6.07, 6.45) is 11.4. The summed E-state index contributed by atoms with van der Waals surface area (Å²) in [4.78, 5) is 25.7. The van der Waals surface area contributed by atoms with Crippen LogP contribution in [0.4, 0.5) is 0 Å². The SMILES string of the molecule is Cc1oc(=O)oc1COC(=O)[C@]12CC[C@@H](C)[C@H](C)[C@H]1C1=CC[C@@H]3[C@@]4(C)CC[C@H](O)C(C)(C)C4CC[C@@]3(C)[C@]1(C)CC2. The highest BCUT2D eigenvalue weighted by Crippen LogP contribution is 2.75. The summed E-state index contributed by atoms with van der Waals surface area (Å²) < 4.78 is 16.1. The van der Waals surface area contributed by atoms with Crippen molar-refractivity contribution < 1.29 is 23.5 Å². The van der Waals surface area contributed by atoms with Crippen molar-refractivity contribution in [3.05, 3.63) is 33.8 Å². The van der Waals surface area contributed by atoms with Crippen LogP contribution >= 0.6 is 0 Å². The fourth-order valence-electron chi connectivity index (χ4n) is 11.6. The first-order chi connectivity index (χ1) is 19.1. The van der Waals surface area contributed by atoms with Gasteiger partial charge in [0.1, 0.15) is 0 Å². The van der Waals surface area contributed by atoms with Gasteiger partial charge in [-0.25, -0.2) is 4.79 Å². The summed E-state index contributed by atoms with van der Waals surface area (Å²) in [7, 11) is 0. The topological polar surface area (TPSA) is 89.9 Å². The van der Waals surface area contributed by atoms with Crippen LogP contribution in [0.2, 0.25) is 0 Å². The van der Waals surface area contributed by atoms with Gasteiger partial charge in [0, 0.05) is 0 Å². The first-order valence-corrected chi connectivity index (χ1v) is 16.3. The number of rotatable bonds is 3. The Balaban J connectivity index is 1.37. The van der Waals surface area contributed by atoms with Crippen LogP contribution in [0.15, 0.2) is 25.3 Å². The molecule has 0 aliphatic heterocycles. The van der Waals surface area contributed by atoms with Crippen LogP contribution in [-0.4, -0.2) is 17.2 Å². The van der Waals surface area contributed by atoms with E-state index in [-0.39, 0.29) is 46.3 Å². The Kier molecular flexibility index (Phi) is 6.66. The molecule has 1 aromatic heterocycles. The number of carbonyl (C=O) groups is 1. The third-order valence-corrected chi connectivity index (χ3v) is 14.5. The van der Waals surface area contributed by atoms with Crippen LogP contribution in [-0.2, 0) is 16.1 Å². The Bertz CT molecular complexity index is 1300. The largest absolute Gasteiger partial charge is 0.519 e. The molecular weight excluding hydrogens is 516 g/mol. The minimum Gasteiger partial charge on any atom is -0.457 e. The molecule has 1 aromatic rings. The predicted molar refractivity (Wildman–Crippen MR) is 157 cm³/mol. The maximum absolute atomic E-state index is 14.2. The minimum atomic E-state index is -0.757. The van der Waals surface area contributed by atoms with Crippen molar-refractivity contribution in [2.45, 2.75) is 126 Å². The fraction of sp³-hybridized carbons (Fsp3) is 0.829. The summed E-state index contributed by atoms with van der Waals surface area (Å²) in [5, 5.41) is 11.0. The number of aliphatic hydroxyl groups excluding tert-OH is 1. The van der Waals surface area contributed by atoms with E-state index in [0.29, 0.717) is 35.2 Å². The molecule has 1 N–H and O–H groups in total. The molecule has 6 rings (SSSR count). The van der Waals surface area contributed by atoms with E-state index in [2.05, 4.69) is 54.5 Å². The average molecular weight is 569 g/mol. The maximum atomic E-state index is 14.2. The van der Waals surface area contributed by atoms with Gasteiger partial charge in [0.2, 0.25) is 0 Å². The van der Waals surface area contributed by atoms with E-state index in [1.807, 2.05) is 0 Å². The second-order valence-corrected chi connectivity index (χ2v) is 16.2. The molecule has 1 heterocycles. The lowest BCUT2D eigenvalue weighted by Crippen LogP contribution is -2.65. The van der Waals surface area contributed by atoms with E-state index in [1.54, 1.807) is 6.92 Å². The molecule has 41 heavy (non-hydrogen) atoms. The third-order valence-electron chi connectivity index (χ3n) is 14.5. The monoisotopic (exact) mass is 568 g/mol. The first-order valence-electron chi connectivity index (χ1n) is 16.3. The number of aliphatic hydroxyl groups is 1. The normalized spacial score (nSPS) is 46.8. The molecular formula is C35H52O6. The Morgan fingerprint density at radius 2 is 1.71 bits per heavy atom. The summed E-state index contributed by atoms with van der Waals surface area (Å²) in [5.41, 5.74) is 1.28. The van der Waals surface area contributed by atoms with E-state index < -0.39 is 11.2 Å². The van der Waals surface area contributed by atoms with Gasteiger partial charge in [-0.15, -0.1) is 0 Å². The number of aryl methyl sites for hydroxylation is 1. The number of fused-ring (bicyclic) bond motifs is 7. The van der Waals surface area contributed by atoms with Crippen LogP contribution < -0.4 is 5.82 Å². The van der Waals surface area contributed by atoms with Crippen LogP contribution in [0.25, 0.3) is 0 Å². The molecule has 10 atom stereocenters. The summed E-state index contributed by atoms with van der Waals surface area (Å²) in [5.74, 6) is 1.94. The molecule has 5 aliphatic rings. The number of hydrogen-bond donors (Lipinski definition) is 1. The van der Waals surface area contributed by atoms with Crippen molar-refractivity contribution in [2.24, 2.45) is 56.7 Å². The van der Waals surface area contributed by atoms with Crippen molar-refractivity contribution in [3.8, 4) is 0 Å². The van der Waals surface area contributed by atoms with Crippen molar-refractivity contribution in [1.82, 2.24) is 0 Å². The van der Waals surface area contributed by atoms with E-state index >= 15 is 0 Å². The molecule has 6 nitrogen and oxygen atoms in total. The summed E-state index contributed by atoms with van der Waals surface area (Å²) in [6.45, 7) is 18.6. The standard InChI is InChI=1S/C35H52O6/c1-20-11-16-35(29(37)39-19-24-22(3)40-30(38)41-24)18-17-33(7)23(28(35)21(20)2)9-10-26-32(6)14-13-27(36)31(4,5)25(32)12-15-34(26,33)8/h9,20-21,25-28,36H,10-19H2,1-8H3/t20-,21+,25?,26-,27+,28+,32+,33-,34-,35+/m1/s1. The van der Waals surface area contributed by atoms with Gasteiger partial charge < -0.3 is 18.7 Å². The number of allylic oxidation sites excluding steroid dienone is 2. The zero-order chi connectivity index (χ0) is 29.8. The molecule has 6 heteroatoms. The molecule has 0 bridgehead atoms. The molecule has 0 radical (unpaired) electrons. The molecule has 0 aromatic carbocycles. The first kappa shape index (κ1) is 29.3. The molecule has 0 spiro atoms. The van der Waals surface area contributed by atoms with Gasteiger partial charge in [0.05, 0.1) is 11.5 Å². The van der Waals surface area contributed by atoms with Gasteiger partial charge in [-0.1, -0.05) is 60.1 Å². The van der Waals surface area contributed by atoms with E-state index in [0.717, 1.165) is 51.4 Å². The second kappa shape index (κ2) is 9.34. The second-order valence-electron chi connectivity index (χ2n) is 16.2. The molecule has 0 amide bonds. The molecule has 1 unspecified atom stereocenters.